The Morgan fingerprint density at radius 3 is 2.06 bits per heavy atom. The summed E-state index contributed by atoms with van der Waals surface area (Å²) in [7, 11) is 0. The number of amides is 1. The van der Waals surface area contributed by atoms with E-state index in [-0.39, 0.29) is 25.0 Å². The Bertz CT molecular complexity index is 980. The third kappa shape index (κ3) is 6.83. The lowest BCUT2D eigenvalue weighted by Crippen LogP contribution is -2.37. The minimum Gasteiger partial charge on any atom is -0.480 e. The highest BCUT2D eigenvalue weighted by atomic mass is 16.6. The van der Waals surface area contributed by atoms with Crippen LogP contribution in [0.4, 0.5) is 4.79 Å². The summed E-state index contributed by atoms with van der Waals surface area (Å²) < 4.78 is 10.9. The van der Waals surface area contributed by atoms with E-state index in [2.05, 4.69) is 12.1 Å². The van der Waals surface area contributed by atoms with Crippen molar-refractivity contribution >= 4 is 18.0 Å². The Morgan fingerprint density at radius 1 is 0.912 bits per heavy atom. The van der Waals surface area contributed by atoms with Gasteiger partial charge in [-0.05, 0) is 55.9 Å². The number of hydrogen-bond acceptors (Lipinski definition) is 5. The summed E-state index contributed by atoms with van der Waals surface area (Å²) in [5.74, 6) is -1.44. The Balaban J connectivity index is 1.53. The fourth-order valence-electron chi connectivity index (χ4n) is 4.22. The van der Waals surface area contributed by atoms with Crippen LogP contribution in [-0.4, -0.2) is 53.3 Å². The van der Waals surface area contributed by atoms with Crippen molar-refractivity contribution < 1.29 is 29.0 Å². The lowest BCUT2D eigenvalue weighted by atomic mass is 9.98. The van der Waals surface area contributed by atoms with E-state index in [0.717, 1.165) is 22.3 Å². The molecule has 0 bridgehead atoms. The largest absolute Gasteiger partial charge is 0.480 e. The van der Waals surface area contributed by atoms with Gasteiger partial charge in [0.05, 0.1) is 0 Å². The maximum atomic E-state index is 12.8. The number of benzene rings is 2. The maximum Gasteiger partial charge on any atom is 0.410 e. The molecule has 0 heterocycles. The number of carbonyl (C=O) groups is 3. The van der Waals surface area contributed by atoms with Crippen LogP contribution in [0.2, 0.25) is 0 Å². The van der Waals surface area contributed by atoms with Gasteiger partial charge in [-0.25, -0.2) is 4.79 Å². The zero-order chi connectivity index (χ0) is 24.7. The highest BCUT2D eigenvalue weighted by Gasteiger charge is 2.30. The van der Waals surface area contributed by atoms with Crippen molar-refractivity contribution in [1.82, 2.24) is 4.90 Å². The van der Waals surface area contributed by atoms with Gasteiger partial charge in [-0.1, -0.05) is 55.0 Å². The van der Waals surface area contributed by atoms with Gasteiger partial charge in [-0.2, -0.15) is 0 Å². The third-order valence-corrected chi connectivity index (χ3v) is 5.65. The first kappa shape index (κ1) is 25.3. The highest BCUT2D eigenvalue weighted by molar-refractivity contribution is 5.79. The van der Waals surface area contributed by atoms with Crippen LogP contribution in [0.15, 0.2) is 48.5 Å². The van der Waals surface area contributed by atoms with Gasteiger partial charge in [-0.15, -0.1) is 0 Å². The number of ether oxygens (including phenoxy) is 2. The van der Waals surface area contributed by atoms with Crippen LogP contribution in [0.5, 0.6) is 0 Å². The summed E-state index contributed by atoms with van der Waals surface area (Å²) in [6, 6.07) is 16.1. The molecule has 1 N–H and O–H groups in total. The van der Waals surface area contributed by atoms with E-state index in [4.69, 9.17) is 9.47 Å². The van der Waals surface area contributed by atoms with Gasteiger partial charge < -0.3 is 14.6 Å². The first-order valence-electron chi connectivity index (χ1n) is 11.7. The molecular weight excluding hydrogens is 434 g/mol. The fraction of sp³-hybridized carbons (Fsp3) is 0.444. The van der Waals surface area contributed by atoms with Crippen molar-refractivity contribution in [3.05, 3.63) is 59.7 Å². The number of esters is 1. The molecule has 2 aromatic rings. The van der Waals surface area contributed by atoms with Crippen LogP contribution in [0, 0.1) is 0 Å². The molecule has 0 saturated carbocycles. The fourth-order valence-corrected chi connectivity index (χ4v) is 4.22. The summed E-state index contributed by atoms with van der Waals surface area (Å²) >= 11 is 0. The number of carboxylic acids is 1. The number of carboxylic acid groups (broad SMARTS) is 1. The second kappa shape index (κ2) is 11.2. The van der Waals surface area contributed by atoms with E-state index in [9.17, 15) is 19.5 Å². The van der Waals surface area contributed by atoms with Crippen LogP contribution in [0.1, 0.15) is 63.5 Å². The normalized spacial score (nSPS) is 12.6. The molecule has 34 heavy (non-hydrogen) atoms. The van der Waals surface area contributed by atoms with Gasteiger partial charge in [0.1, 0.15) is 18.8 Å². The highest BCUT2D eigenvalue weighted by Crippen LogP contribution is 2.44. The van der Waals surface area contributed by atoms with Gasteiger partial charge in [0, 0.05) is 18.9 Å². The molecule has 7 heteroatoms. The van der Waals surface area contributed by atoms with E-state index in [1.165, 1.54) is 4.90 Å². The molecule has 0 aromatic heterocycles. The smallest absolute Gasteiger partial charge is 0.410 e. The minimum absolute atomic E-state index is 0.0862. The van der Waals surface area contributed by atoms with E-state index < -0.39 is 24.2 Å². The standard InChI is InChI=1S/C27H33NO6/c1-27(2,3)34-25(31)15-5-4-10-16-28(17-24(29)30)26(32)33-18-23-21-13-8-6-11-19(21)20-12-7-9-14-22(20)23/h6-9,11-14,23H,4-5,10,15-18H2,1-3H3,(H,29,30). The molecule has 0 saturated heterocycles. The van der Waals surface area contributed by atoms with Gasteiger partial charge >= 0.3 is 18.0 Å². The zero-order valence-electron chi connectivity index (χ0n) is 20.1. The van der Waals surface area contributed by atoms with Crippen LogP contribution in [-0.2, 0) is 19.1 Å². The second-order valence-electron chi connectivity index (χ2n) is 9.52. The maximum absolute atomic E-state index is 12.8. The number of carbonyl (C=O) groups excluding carboxylic acids is 2. The molecule has 1 amide bonds. The van der Waals surface area contributed by atoms with E-state index in [0.29, 0.717) is 25.7 Å². The monoisotopic (exact) mass is 467 g/mol. The summed E-state index contributed by atoms with van der Waals surface area (Å²) in [6.45, 7) is 5.43. The van der Waals surface area contributed by atoms with Crippen LogP contribution >= 0.6 is 0 Å². The topological polar surface area (TPSA) is 93.1 Å². The van der Waals surface area contributed by atoms with Crippen LogP contribution < -0.4 is 0 Å². The molecule has 182 valence electrons. The van der Waals surface area contributed by atoms with E-state index >= 15 is 0 Å². The van der Waals surface area contributed by atoms with Crippen LogP contribution in [0.3, 0.4) is 0 Å². The number of fused-ring (bicyclic) bond motifs is 3. The van der Waals surface area contributed by atoms with Crippen LogP contribution in [0.25, 0.3) is 11.1 Å². The molecule has 0 unspecified atom stereocenters. The van der Waals surface area contributed by atoms with Crippen molar-refractivity contribution in [3.8, 4) is 11.1 Å². The predicted octanol–water partition coefficient (Wildman–Crippen LogP) is 5.22. The first-order valence-corrected chi connectivity index (χ1v) is 11.7. The first-order chi connectivity index (χ1) is 16.2. The molecule has 3 rings (SSSR count). The van der Waals surface area contributed by atoms with Gasteiger partial charge in [0.15, 0.2) is 0 Å². The summed E-state index contributed by atoms with van der Waals surface area (Å²) in [5, 5.41) is 9.25. The average Bonchev–Trinajstić information content (AvgIpc) is 3.09. The molecular formula is C27H33NO6. The summed E-state index contributed by atoms with van der Waals surface area (Å²) in [4.78, 5) is 37.1. The minimum atomic E-state index is -1.10. The molecule has 0 spiro atoms. The molecule has 1 aliphatic carbocycles. The number of unbranched alkanes of at least 4 members (excludes halogenated alkanes) is 2. The molecule has 1 aliphatic rings. The predicted molar refractivity (Wildman–Crippen MR) is 129 cm³/mol. The molecule has 0 radical (unpaired) electrons. The van der Waals surface area contributed by atoms with Crippen molar-refractivity contribution in [3.63, 3.8) is 0 Å². The zero-order valence-corrected chi connectivity index (χ0v) is 20.1. The Kier molecular flexibility index (Phi) is 8.31. The van der Waals surface area contributed by atoms with Crippen molar-refractivity contribution in [2.45, 2.75) is 58.0 Å². The Hall–Kier alpha value is -3.35. The third-order valence-electron chi connectivity index (χ3n) is 5.65. The van der Waals surface area contributed by atoms with Crippen molar-refractivity contribution in [1.29, 1.82) is 0 Å². The molecule has 0 fully saturated rings. The average molecular weight is 468 g/mol. The van der Waals surface area contributed by atoms with Crippen molar-refractivity contribution in [2.75, 3.05) is 19.7 Å². The van der Waals surface area contributed by atoms with Crippen molar-refractivity contribution in [2.24, 2.45) is 0 Å². The molecule has 2 aromatic carbocycles. The Labute approximate surface area is 200 Å². The molecule has 7 nitrogen and oxygen atoms in total. The van der Waals surface area contributed by atoms with Gasteiger partial charge in [0.2, 0.25) is 0 Å². The summed E-state index contributed by atoms with van der Waals surface area (Å²) in [5.41, 5.74) is 3.95. The lowest BCUT2D eigenvalue weighted by molar-refractivity contribution is -0.155. The number of rotatable bonds is 10. The molecule has 0 aliphatic heterocycles. The Morgan fingerprint density at radius 2 is 1.50 bits per heavy atom. The van der Waals surface area contributed by atoms with Gasteiger partial charge in [-0.3, -0.25) is 14.5 Å². The number of nitrogens with zero attached hydrogens (tertiary/aromatic N) is 1. The lowest BCUT2D eigenvalue weighted by Gasteiger charge is -2.22. The van der Waals surface area contributed by atoms with E-state index in [1.54, 1.807) is 0 Å². The van der Waals surface area contributed by atoms with Gasteiger partial charge in [0.25, 0.3) is 0 Å². The summed E-state index contributed by atoms with van der Waals surface area (Å²) in [6.07, 6.45) is 1.50. The van der Waals surface area contributed by atoms with E-state index in [1.807, 2.05) is 57.2 Å². The quantitative estimate of drug-likeness (QED) is 0.380. The number of hydrogen-bond donors (Lipinski definition) is 1. The SMILES string of the molecule is CC(C)(C)OC(=O)CCCCCN(CC(=O)O)C(=O)OCC1c2ccccc2-c2ccccc21. The second-order valence-corrected chi connectivity index (χ2v) is 9.52. The molecule has 0 atom stereocenters. The number of aliphatic carboxylic acids is 1.